The molecular weight excluding hydrogens is 332 g/mol. The van der Waals surface area contributed by atoms with E-state index in [1.165, 1.54) is 0 Å². The summed E-state index contributed by atoms with van der Waals surface area (Å²) in [5, 5.41) is 12.9. The first-order valence-corrected chi connectivity index (χ1v) is 8.27. The Morgan fingerprint density at radius 2 is 1.88 bits per heavy atom. The van der Waals surface area contributed by atoms with E-state index in [-0.39, 0.29) is 30.1 Å². The highest BCUT2D eigenvalue weighted by molar-refractivity contribution is 6.07. The number of hydrogen-bond donors (Lipinski definition) is 3. The molecule has 0 spiro atoms. The minimum atomic E-state index is -0.336. The second kappa shape index (κ2) is 6.44. The Kier molecular flexibility index (Phi) is 3.96. The molecule has 3 N–H and O–H groups in total. The van der Waals surface area contributed by atoms with Gasteiger partial charge in [-0.25, -0.2) is 0 Å². The number of anilines is 1. The fourth-order valence-corrected chi connectivity index (χ4v) is 3.09. The molecule has 0 saturated carbocycles. The van der Waals surface area contributed by atoms with Gasteiger partial charge in [0.05, 0.1) is 11.4 Å². The lowest BCUT2D eigenvalue weighted by Gasteiger charge is -2.07. The zero-order chi connectivity index (χ0) is 18.1. The third-order valence-corrected chi connectivity index (χ3v) is 4.47. The molecule has 2 heterocycles. The second-order valence-electron chi connectivity index (χ2n) is 6.29. The minimum Gasteiger partial charge on any atom is -0.305 e. The summed E-state index contributed by atoms with van der Waals surface area (Å²) >= 11 is 0. The van der Waals surface area contributed by atoms with E-state index >= 15 is 0 Å². The van der Waals surface area contributed by atoms with Gasteiger partial charge >= 0.3 is 0 Å². The Hall–Kier alpha value is -3.48. The maximum absolute atomic E-state index is 12.4. The maximum Gasteiger partial charge on any atom is 0.256 e. The average Bonchev–Trinajstić information content (AvgIpc) is 3.18. The summed E-state index contributed by atoms with van der Waals surface area (Å²) in [6.07, 6.45) is 0.691. The van der Waals surface area contributed by atoms with Crippen molar-refractivity contribution in [1.29, 1.82) is 0 Å². The fourth-order valence-electron chi connectivity index (χ4n) is 3.09. The van der Waals surface area contributed by atoms with Gasteiger partial charge in [-0.1, -0.05) is 24.3 Å². The molecule has 26 heavy (non-hydrogen) atoms. The van der Waals surface area contributed by atoms with Gasteiger partial charge in [-0.3, -0.25) is 24.8 Å². The molecule has 7 heteroatoms. The lowest BCUT2D eigenvalue weighted by molar-refractivity contribution is -0.125. The summed E-state index contributed by atoms with van der Waals surface area (Å²) in [6.45, 7) is 0. The summed E-state index contributed by atoms with van der Waals surface area (Å²) < 4.78 is 0. The number of carbonyl (C=O) groups is 3. The first-order valence-electron chi connectivity index (χ1n) is 8.27. The summed E-state index contributed by atoms with van der Waals surface area (Å²) in [4.78, 5) is 35.3. The summed E-state index contributed by atoms with van der Waals surface area (Å²) in [5.74, 6) is -0.583. The van der Waals surface area contributed by atoms with Crippen molar-refractivity contribution < 1.29 is 14.4 Å². The SMILES string of the molecule is O=C1CC(Cc2ccc(C(=O)Nc3n[nH]c4ccccc34)cc2)C(=O)N1. The number of imide groups is 1. The lowest BCUT2D eigenvalue weighted by Crippen LogP contribution is -2.22. The van der Waals surface area contributed by atoms with Crippen LogP contribution in [0.3, 0.4) is 0 Å². The van der Waals surface area contributed by atoms with Crippen LogP contribution >= 0.6 is 0 Å². The number of nitrogens with one attached hydrogen (secondary N) is 3. The molecular formula is C19H16N4O3. The number of aromatic amines is 1. The van der Waals surface area contributed by atoms with Crippen LogP contribution < -0.4 is 10.6 Å². The van der Waals surface area contributed by atoms with Crippen LogP contribution in [0.5, 0.6) is 0 Å². The van der Waals surface area contributed by atoms with E-state index in [4.69, 9.17) is 0 Å². The van der Waals surface area contributed by atoms with Gasteiger partial charge in [-0.2, -0.15) is 5.10 Å². The molecule has 7 nitrogen and oxygen atoms in total. The van der Waals surface area contributed by atoms with Crippen LogP contribution in [0.4, 0.5) is 5.82 Å². The minimum absolute atomic E-state index is 0.216. The number of amides is 3. The number of hydrogen-bond acceptors (Lipinski definition) is 4. The second-order valence-corrected chi connectivity index (χ2v) is 6.29. The van der Waals surface area contributed by atoms with Gasteiger partial charge in [0.15, 0.2) is 5.82 Å². The van der Waals surface area contributed by atoms with Gasteiger partial charge in [0.25, 0.3) is 5.91 Å². The van der Waals surface area contributed by atoms with Crippen LogP contribution in [-0.4, -0.2) is 27.9 Å². The van der Waals surface area contributed by atoms with Crippen LogP contribution in [-0.2, 0) is 16.0 Å². The van der Waals surface area contributed by atoms with Crippen molar-refractivity contribution in [2.75, 3.05) is 5.32 Å². The predicted octanol–water partition coefficient (Wildman–Crippen LogP) is 2.02. The average molecular weight is 348 g/mol. The maximum atomic E-state index is 12.4. The van der Waals surface area contributed by atoms with E-state index < -0.39 is 0 Å². The molecule has 0 aliphatic carbocycles. The number of carbonyl (C=O) groups excluding carboxylic acids is 3. The molecule has 3 amide bonds. The standard InChI is InChI=1S/C19H16N4O3/c24-16-10-13(19(26)20-16)9-11-5-7-12(8-6-11)18(25)21-17-14-3-1-2-4-15(14)22-23-17/h1-8,13H,9-10H2,(H,20,24,26)(H2,21,22,23,25). The van der Waals surface area contributed by atoms with Gasteiger partial charge in [-0.15, -0.1) is 0 Å². The van der Waals surface area contributed by atoms with Crippen molar-refractivity contribution in [3.8, 4) is 0 Å². The van der Waals surface area contributed by atoms with Crippen molar-refractivity contribution in [3.05, 3.63) is 59.7 Å². The van der Waals surface area contributed by atoms with Crippen molar-refractivity contribution in [2.24, 2.45) is 5.92 Å². The first-order chi connectivity index (χ1) is 12.6. The normalized spacial score (nSPS) is 16.7. The topological polar surface area (TPSA) is 104 Å². The number of benzene rings is 2. The molecule has 130 valence electrons. The third-order valence-electron chi connectivity index (χ3n) is 4.47. The number of rotatable bonds is 4. The van der Waals surface area contributed by atoms with Crippen LogP contribution in [0.2, 0.25) is 0 Å². The smallest absolute Gasteiger partial charge is 0.256 e. The monoisotopic (exact) mass is 348 g/mol. The molecule has 1 unspecified atom stereocenters. The van der Waals surface area contributed by atoms with Gasteiger partial charge in [0.2, 0.25) is 11.8 Å². The van der Waals surface area contributed by atoms with Crippen LogP contribution in [0.25, 0.3) is 10.9 Å². The number of nitrogens with zero attached hydrogens (tertiary/aromatic N) is 1. The van der Waals surface area contributed by atoms with Crippen molar-refractivity contribution >= 4 is 34.4 Å². The highest BCUT2D eigenvalue weighted by atomic mass is 16.2. The Morgan fingerprint density at radius 1 is 1.12 bits per heavy atom. The van der Waals surface area contributed by atoms with Crippen LogP contribution in [0.1, 0.15) is 22.3 Å². The Morgan fingerprint density at radius 3 is 2.62 bits per heavy atom. The number of H-pyrrole nitrogens is 1. The van der Waals surface area contributed by atoms with Gasteiger partial charge in [-0.05, 0) is 36.2 Å². The molecule has 0 radical (unpaired) electrons. The highest BCUT2D eigenvalue weighted by Crippen LogP contribution is 2.21. The van der Waals surface area contributed by atoms with Gasteiger partial charge in [0.1, 0.15) is 0 Å². The molecule has 1 aliphatic rings. The van der Waals surface area contributed by atoms with Gasteiger partial charge in [0, 0.05) is 17.4 Å². The van der Waals surface area contributed by atoms with Crippen molar-refractivity contribution in [1.82, 2.24) is 15.5 Å². The molecule has 0 bridgehead atoms. The predicted molar refractivity (Wildman–Crippen MR) is 95.4 cm³/mol. The van der Waals surface area contributed by atoms with E-state index in [9.17, 15) is 14.4 Å². The molecule has 1 aliphatic heterocycles. The van der Waals surface area contributed by atoms with E-state index in [1.54, 1.807) is 24.3 Å². The van der Waals surface area contributed by atoms with Crippen molar-refractivity contribution in [2.45, 2.75) is 12.8 Å². The molecule has 4 rings (SSSR count). The lowest BCUT2D eigenvalue weighted by atomic mass is 9.97. The summed E-state index contributed by atoms with van der Waals surface area (Å²) in [5.41, 5.74) is 2.25. The summed E-state index contributed by atoms with van der Waals surface area (Å²) in [7, 11) is 0. The molecule has 1 saturated heterocycles. The van der Waals surface area contributed by atoms with Crippen molar-refractivity contribution in [3.63, 3.8) is 0 Å². The van der Waals surface area contributed by atoms with Gasteiger partial charge < -0.3 is 5.32 Å². The summed E-state index contributed by atoms with van der Waals surface area (Å²) in [6, 6.07) is 14.5. The zero-order valence-corrected chi connectivity index (χ0v) is 13.8. The van der Waals surface area contributed by atoms with Crippen LogP contribution in [0, 0.1) is 5.92 Å². The number of aromatic nitrogens is 2. The largest absolute Gasteiger partial charge is 0.305 e. The zero-order valence-electron chi connectivity index (χ0n) is 13.8. The molecule has 1 atom stereocenters. The Balaban J connectivity index is 1.45. The highest BCUT2D eigenvalue weighted by Gasteiger charge is 2.30. The quantitative estimate of drug-likeness (QED) is 0.628. The molecule has 2 aromatic carbocycles. The Bertz CT molecular complexity index is 1010. The number of fused-ring (bicyclic) bond motifs is 1. The van der Waals surface area contributed by atoms with E-state index in [1.807, 2.05) is 24.3 Å². The first kappa shape index (κ1) is 16.0. The van der Waals surface area contributed by atoms with Crippen LogP contribution in [0.15, 0.2) is 48.5 Å². The van der Waals surface area contributed by atoms with E-state index in [0.29, 0.717) is 17.8 Å². The third kappa shape index (κ3) is 3.06. The molecule has 1 fully saturated rings. The fraction of sp³-hybridized carbons (Fsp3) is 0.158. The Labute approximate surface area is 148 Å². The molecule has 3 aromatic rings. The van der Waals surface area contributed by atoms with E-state index in [2.05, 4.69) is 20.8 Å². The number of para-hydroxylation sites is 1. The van der Waals surface area contributed by atoms with E-state index in [0.717, 1.165) is 16.5 Å². The molecule has 1 aromatic heterocycles.